The second-order valence-corrected chi connectivity index (χ2v) is 11.8. The number of carbonyl (C=O) groups excluding carboxylic acids is 1. The maximum Gasteiger partial charge on any atom is 0.317 e. The molecular formula is C32H38ClN5O. The number of fused-ring (bicyclic) bond motifs is 2. The molecule has 0 radical (unpaired) electrons. The van der Waals surface area contributed by atoms with Gasteiger partial charge in [-0.15, -0.1) is 0 Å². The zero-order chi connectivity index (χ0) is 26.8. The molecule has 0 bridgehead atoms. The van der Waals surface area contributed by atoms with Crippen molar-refractivity contribution in [2.24, 2.45) is 5.92 Å². The van der Waals surface area contributed by atoms with Gasteiger partial charge in [0.15, 0.2) is 0 Å². The molecule has 2 amide bonds. The minimum atomic E-state index is 0.116. The van der Waals surface area contributed by atoms with E-state index >= 15 is 0 Å². The SMILES string of the molecule is Cc1nccn1CCC1=Cc2cc(Cl)ccc2[C@@H](C2CCN(C(=O)NC3CCCCC3)CC2)c2ncccc21. The highest BCUT2D eigenvalue weighted by atomic mass is 35.5. The Labute approximate surface area is 236 Å². The molecule has 6 nitrogen and oxygen atoms in total. The number of rotatable bonds is 5. The van der Waals surface area contributed by atoms with Gasteiger partial charge in [-0.05, 0) is 85.4 Å². The fourth-order valence-electron chi connectivity index (χ4n) is 6.82. The molecule has 39 heavy (non-hydrogen) atoms. The van der Waals surface area contributed by atoms with E-state index in [0.29, 0.717) is 12.0 Å². The molecule has 2 aromatic heterocycles. The van der Waals surface area contributed by atoms with Crippen LogP contribution in [0.25, 0.3) is 11.6 Å². The summed E-state index contributed by atoms with van der Waals surface area (Å²) >= 11 is 6.53. The van der Waals surface area contributed by atoms with E-state index in [1.165, 1.54) is 41.5 Å². The Morgan fingerprint density at radius 2 is 1.87 bits per heavy atom. The average Bonchev–Trinajstić information content (AvgIpc) is 3.31. The maximum absolute atomic E-state index is 13.0. The lowest BCUT2D eigenvalue weighted by molar-refractivity contribution is 0.160. The molecule has 1 aliphatic heterocycles. The Bertz CT molecular complexity index is 1350. The average molecular weight is 544 g/mol. The summed E-state index contributed by atoms with van der Waals surface area (Å²) in [4.78, 5) is 24.5. The first-order valence-electron chi connectivity index (χ1n) is 14.6. The van der Waals surface area contributed by atoms with E-state index in [4.69, 9.17) is 16.6 Å². The molecule has 3 aliphatic rings. The van der Waals surface area contributed by atoms with Crippen LogP contribution >= 0.6 is 11.6 Å². The van der Waals surface area contributed by atoms with Crippen molar-refractivity contribution in [2.75, 3.05) is 13.1 Å². The Hall–Kier alpha value is -3.12. The van der Waals surface area contributed by atoms with Crippen molar-refractivity contribution in [3.05, 3.63) is 82.2 Å². The summed E-state index contributed by atoms with van der Waals surface area (Å²) in [6.07, 6.45) is 16.9. The van der Waals surface area contributed by atoms with Crippen LogP contribution in [0.1, 0.15) is 85.5 Å². The molecule has 0 unspecified atom stereocenters. The summed E-state index contributed by atoms with van der Waals surface area (Å²) in [6.45, 7) is 4.47. The van der Waals surface area contributed by atoms with E-state index in [1.54, 1.807) is 0 Å². The van der Waals surface area contributed by atoms with Gasteiger partial charge in [0.1, 0.15) is 5.82 Å². The number of likely N-dealkylation sites (tertiary alicyclic amines) is 1. The Morgan fingerprint density at radius 1 is 1.05 bits per heavy atom. The minimum Gasteiger partial charge on any atom is -0.335 e. The van der Waals surface area contributed by atoms with E-state index in [9.17, 15) is 4.79 Å². The number of hydrogen-bond donors (Lipinski definition) is 1. The van der Waals surface area contributed by atoms with Crippen molar-refractivity contribution < 1.29 is 4.79 Å². The summed E-state index contributed by atoms with van der Waals surface area (Å²) < 4.78 is 2.20. The van der Waals surface area contributed by atoms with E-state index in [0.717, 1.165) is 68.3 Å². The second-order valence-electron chi connectivity index (χ2n) is 11.4. The Kier molecular flexibility index (Phi) is 7.73. The lowest BCUT2D eigenvalue weighted by Gasteiger charge is -2.37. The maximum atomic E-state index is 13.0. The Morgan fingerprint density at radius 3 is 2.64 bits per heavy atom. The molecule has 0 spiro atoms. The highest BCUT2D eigenvalue weighted by molar-refractivity contribution is 6.30. The molecule has 2 aliphatic carbocycles. The molecule has 204 valence electrons. The predicted molar refractivity (Wildman–Crippen MR) is 157 cm³/mol. The zero-order valence-electron chi connectivity index (χ0n) is 22.8. The van der Waals surface area contributed by atoms with Gasteiger partial charge in [0, 0.05) is 55.2 Å². The molecule has 1 N–H and O–H groups in total. The second kappa shape index (κ2) is 11.5. The first kappa shape index (κ1) is 26.1. The van der Waals surface area contributed by atoms with Gasteiger partial charge in [0.2, 0.25) is 0 Å². The smallest absolute Gasteiger partial charge is 0.317 e. The van der Waals surface area contributed by atoms with Crippen molar-refractivity contribution in [1.82, 2.24) is 24.8 Å². The lowest BCUT2D eigenvalue weighted by Crippen LogP contribution is -2.48. The van der Waals surface area contributed by atoms with Crippen LogP contribution in [-0.2, 0) is 6.54 Å². The van der Waals surface area contributed by atoms with Crippen molar-refractivity contribution >= 4 is 29.3 Å². The number of nitrogens with zero attached hydrogens (tertiary/aromatic N) is 4. The van der Waals surface area contributed by atoms with Crippen molar-refractivity contribution in [1.29, 1.82) is 0 Å². The van der Waals surface area contributed by atoms with Gasteiger partial charge >= 0.3 is 6.03 Å². The standard InChI is InChI=1S/C32H38ClN5O/c1-22-34-15-19-37(22)16-13-24-20-25-21-26(33)9-10-28(25)30(31-29(24)8-5-14-35-31)23-11-17-38(18-12-23)32(39)36-27-6-3-2-4-7-27/h5,8-10,14-15,19-21,23,27,30H,2-4,6-7,11-13,16-18H2,1H3,(H,36,39)/t30-/m1/s1. The van der Waals surface area contributed by atoms with Gasteiger partial charge in [0.05, 0.1) is 5.69 Å². The number of halogens is 1. The molecule has 6 rings (SSSR count). The van der Waals surface area contributed by atoms with Gasteiger partial charge < -0.3 is 14.8 Å². The number of urea groups is 1. The van der Waals surface area contributed by atoms with Gasteiger partial charge in [-0.25, -0.2) is 9.78 Å². The number of allylic oxidation sites excluding steroid dienone is 1. The number of nitrogens with one attached hydrogen (secondary N) is 1. The number of benzene rings is 1. The minimum absolute atomic E-state index is 0.116. The molecule has 1 saturated heterocycles. The molecule has 1 aromatic carbocycles. The monoisotopic (exact) mass is 543 g/mol. The number of aromatic nitrogens is 3. The highest BCUT2D eigenvalue weighted by Crippen LogP contribution is 2.45. The quantitative estimate of drug-likeness (QED) is 0.374. The van der Waals surface area contributed by atoms with Gasteiger partial charge in [0.25, 0.3) is 0 Å². The van der Waals surface area contributed by atoms with E-state index in [1.807, 2.05) is 42.5 Å². The molecule has 1 saturated carbocycles. The van der Waals surface area contributed by atoms with E-state index < -0.39 is 0 Å². The number of hydrogen-bond acceptors (Lipinski definition) is 3. The van der Waals surface area contributed by atoms with Crippen molar-refractivity contribution in [3.8, 4) is 0 Å². The van der Waals surface area contributed by atoms with Gasteiger partial charge in [-0.2, -0.15) is 0 Å². The number of aryl methyl sites for hydroxylation is 2. The number of pyridine rings is 1. The first-order valence-corrected chi connectivity index (χ1v) is 14.9. The van der Waals surface area contributed by atoms with E-state index in [-0.39, 0.29) is 11.9 Å². The molecule has 3 aromatic rings. The van der Waals surface area contributed by atoms with Crippen LogP contribution in [-0.4, -0.2) is 44.6 Å². The molecular weight excluding hydrogens is 506 g/mol. The summed E-state index contributed by atoms with van der Waals surface area (Å²) in [6, 6.07) is 11.0. The number of amides is 2. The third kappa shape index (κ3) is 5.62. The van der Waals surface area contributed by atoms with Crippen LogP contribution in [0.15, 0.2) is 48.9 Å². The zero-order valence-corrected chi connectivity index (χ0v) is 23.5. The molecule has 7 heteroatoms. The van der Waals surface area contributed by atoms with Gasteiger partial charge in [-0.1, -0.05) is 49.1 Å². The van der Waals surface area contributed by atoms with Crippen LogP contribution < -0.4 is 5.32 Å². The summed E-state index contributed by atoms with van der Waals surface area (Å²) in [5.41, 5.74) is 6.13. The van der Waals surface area contributed by atoms with Crippen LogP contribution in [0.4, 0.5) is 4.79 Å². The van der Waals surface area contributed by atoms with E-state index in [2.05, 4.69) is 39.1 Å². The number of imidazole rings is 1. The van der Waals surface area contributed by atoms with Crippen LogP contribution in [0.5, 0.6) is 0 Å². The first-order chi connectivity index (χ1) is 19.1. The Balaban J connectivity index is 1.25. The summed E-state index contributed by atoms with van der Waals surface area (Å²) in [5, 5.41) is 4.06. The van der Waals surface area contributed by atoms with Gasteiger partial charge in [-0.3, -0.25) is 4.98 Å². The molecule has 1 atom stereocenters. The normalized spacial score (nSPS) is 20.1. The van der Waals surface area contributed by atoms with Crippen molar-refractivity contribution in [2.45, 2.75) is 76.8 Å². The number of carbonyl (C=O) groups is 1. The van der Waals surface area contributed by atoms with Crippen LogP contribution in [0, 0.1) is 12.8 Å². The highest BCUT2D eigenvalue weighted by Gasteiger charge is 2.35. The van der Waals surface area contributed by atoms with Crippen LogP contribution in [0.2, 0.25) is 5.02 Å². The van der Waals surface area contributed by atoms with Crippen LogP contribution in [0.3, 0.4) is 0 Å². The fourth-order valence-corrected chi connectivity index (χ4v) is 7.00. The largest absolute Gasteiger partial charge is 0.335 e. The summed E-state index contributed by atoms with van der Waals surface area (Å²) in [7, 11) is 0. The topological polar surface area (TPSA) is 63.1 Å². The van der Waals surface area contributed by atoms with Crippen molar-refractivity contribution in [3.63, 3.8) is 0 Å². The predicted octanol–water partition coefficient (Wildman–Crippen LogP) is 7.07. The number of piperidine rings is 1. The summed E-state index contributed by atoms with van der Waals surface area (Å²) in [5.74, 6) is 1.60. The molecule has 2 fully saturated rings. The third-order valence-corrected chi connectivity index (χ3v) is 9.20. The molecule has 3 heterocycles. The fraction of sp³-hybridized carbons (Fsp3) is 0.469. The third-order valence-electron chi connectivity index (χ3n) is 8.97. The lowest BCUT2D eigenvalue weighted by atomic mass is 9.76.